The van der Waals surface area contributed by atoms with Crippen LogP contribution in [0.1, 0.15) is 18.5 Å². The highest BCUT2D eigenvalue weighted by molar-refractivity contribution is 7.13. The molecule has 2 heterocycles. The molecule has 1 fully saturated rings. The number of allylic oxidation sites excluding steroid dienone is 2. The van der Waals surface area contributed by atoms with Gasteiger partial charge in [-0.3, -0.25) is 14.5 Å². The van der Waals surface area contributed by atoms with Gasteiger partial charge in [-0.05, 0) is 25.0 Å². The summed E-state index contributed by atoms with van der Waals surface area (Å²) < 4.78 is 5.25. The van der Waals surface area contributed by atoms with Crippen LogP contribution < -0.4 is 4.74 Å². The Balaban J connectivity index is 1.53. The van der Waals surface area contributed by atoms with Gasteiger partial charge < -0.3 is 4.74 Å². The molecule has 6 heteroatoms. The third kappa shape index (κ3) is 2.87. The van der Waals surface area contributed by atoms with Gasteiger partial charge in [0.05, 0.1) is 31.2 Å². The number of carbonyl (C=O) groups excluding carboxylic acids is 2. The summed E-state index contributed by atoms with van der Waals surface area (Å²) in [4.78, 5) is 31.1. The quantitative estimate of drug-likeness (QED) is 0.625. The summed E-state index contributed by atoms with van der Waals surface area (Å²) in [6, 6.07) is 7.70. The van der Waals surface area contributed by atoms with Gasteiger partial charge in [0.2, 0.25) is 11.8 Å². The van der Waals surface area contributed by atoms with Crippen LogP contribution in [-0.2, 0) is 16.1 Å². The number of rotatable bonds is 4. The van der Waals surface area contributed by atoms with Gasteiger partial charge >= 0.3 is 0 Å². The van der Waals surface area contributed by atoms with Crippen molar-refractivity contribution < 1.29 is 14.3 Å². The molecule has 1 aliphatic heterocycles. The monoisotopic (exact) mass is 354 g/mol. The number of ether oxygens (including phenoxy) is 1. The van der Waals surface area contributed by atoms with Crippen LogP contribution in [-0.4, -0.2) is 28.8 Å². The fourth-order valence-corrected chi connectivity index (χ4v) is 4.26. The van der Waals surface area contributed by atoms with E-state index in [2.05, 4.69) is 4.98 Å². The lowest BCUT2D eigenvalue weighted by Gasteiger charge is -2.14. The number of hydrogen-bond donors (Lipinski definition) is 0. The van der Waals surface area contributed by atoms with E-state index in [9.17, 15) is 9.59 Å². The van der Waals surface area contributed by atoms with Crippen molar-refractivity contribution in [2.24, 2.45) is 11.8 Å². The van der Waals surface area contributed by atoms with E-state index >= 15 is 0 Å². The standard InChI is InChI=1S/C19H18N2O3S/c1-24-14-6-4-5-12(9-14)17-20-13(11-25-17)10-21-18(22)15-7-2-3-8-16(15)19(21)23/h2-6,9,11,15-16H,7-8,10H2,1H3/t15-,16-/m1/s1. The second-order valence-electron chi connectivity index (χ2n) is 6.29. The Bertz CT molecular complexity index is 832. The highest BCUT2D eigenvalue weighted by Crippen LogP contribution is 2.36. The molecule has 128 valence electrons. The van der Waals surface area contributed by atoms with Gasteiger partial charge in [0.25, 0.3) is 0 Å². The Morgan fingerprint density at radius 2 is 1.92 bits per heavy atom. The predicted molar refractivity (Wildman–Crippen MR) is 95.0 cm³/mol. The molecule has 0 N–H and O–H groups in total. The van der Waals surface area contributed by atoms with Crippen LogP contribution in [0.4, 0.5) is 0 Å². The van der Waals surface area contributed by atoms with Crippen molar-refractivity contribution in [2.45, 2.75) is 19.4 Å². The fourth-order valence-electron chi connectivity index (χ4n) is 3.46. The predicted octanol–water partition coefficient (Wildman–Crippen LogP) is 3.27. The van der Waals surface area contributed by atoms with Crippen LogP contribution in [0.15, 0.2) is 41.8 Å². The van der Waals surface area contributed by atoms with Gasteiger partial charge in [0, 0.05) is 10.9 Å². The minimum Gasteiger partial charge on any atom is -0.497 e. The number of imide groups is 1. The van der Waals surface area contributed by atoms with Gasteiger partial charge in [-0.25, -0.2) is 4.98 Å². The molecule has 1 aromatic heterocycles. The number of hydrogen-bond acceptors (Lipinski definition) is 5. The lowest BCUT2D eigenvalue weighted by Crippen LogP contribution is -2.30. The summed E-state index contributed by atoms with van der Waals surface area (Å²) in [5, 5.41) is 2.77. The van der Waals surface area contributed by atoms with Crippen molar-refractivity contribution in [3.8, 4) is 16.3 Å². The van der Waals surface area contributed by atoms with Gasteiger partial charge in [0.1, 0.15) is 10.8 Å². The van der Waals surface area contributed by atoms with E-state index in [1.165, 1.54) is 16.2 Å². The number of nitrogens with zero attached hydrogens (tertiary/aromatic N) is 2. The summed E-state index contributed by atoms with van der Waals surface area (Å²) in [7, 11) is 1.63. The molecule has 1 aliphatic carbocycles. The minimum absolute atomic E-state index is 0.0599. The van der Waals surface area contributed by atoms with Crippen LogP contribution in [0, 0.1) is 11.8 Å². The zero-order valence-corrected chi connectivity index (χ0v) is 14.7. The summed E-state index contributed by atoms with van der Waals surface area (Å²) in [6.07, 6.45) is 5.33. The topological polar surface area (TPSA) is 59.5 Å². The molecule has 25 heavy (non-hydrogen) atoms. The van der Waals surface area contributed by atoms with E-state index in [4.69, 9.17) is 4.74 Å². The van der Waals surface area contributed by atoms with E-state index < -0.39 is 0 Å². The SMILES string of the molecule is COc1cccc(-c2nc(CN3C(=O)[C@@H]4CC=CC[C@H]4C3=O)cs2)c1. The smallest absolute Gasteiger partial charge is 0.233 e. The first-order chi connectivity index (χ1) is 12.2. The first-order valence-electron chi connectivity index (χ1n) is 8.26. The van der Waals surface area contributed by atoms with E-state index in [1.54, 1.807) is 7.11 Å². The fraction of sp³-hybridized carbons (Fsp3) is 0.316. The molecule has 0 spiro atoms. The number of methoxy groups -OCH3 is 1. The molecule has 2 aliphatic rings. The number of thiazole rings is 1. The van der Waals surface area contributed by atoms with Crippen molar-refractivity contribution >= 4 is 23.2 Å². The highest BCUT2D eigenvalue weighted by Gasteiger charge is 2.47. The first kappa shape index (κ1) is 16.0. The zero-order chi connectivity index (χ0) is 17.4. The van der Waals surface area contributed by atoms with E-state index in [0.717, 1.165) is 22.0 Å². The second kappa shape index (κ2) is 6.44. The molecule has 2 amide bonds. The Morgan fingerprint density at radius 3 is 2.60 bits per heavy atom. The summed E-state index contributed by atoms with van der Waals surface area (Å²) in [5.41, 5.74) is 1.71. The molecular weight excluding hydrogens is 336 g/mol. The molecule has 0 saturated carbocycles. The van der Waals surface area contributed by atoms with Gasteiger partial charge in [-0.1, -0.05) is 24.3 Å². The third-order valence-electron chi connectivity index (χ3n) is 4.79. The van der Waals surface area contributed by atoms with E-state index in [0.29, 0.717) is 12.8 Å². The van der Waals surface area contributed by atoms with E-state index in [1.807, 2.05) is 41.8 Å². The number of carbonyl (C=O) groups is 2. The number of amides is 2. The number of fused-ring (bicyclic) bond motifs is 1. The van der Waals surface area contributed by atoms with Crippen molar-refractivity contribution in [2.75, 3.05) is 7.11 Å². The van der Waals surface area contributed by atoms with Crippen LogP contribution >= 0.6 is 11.3 Å². The van der Waals surface area contributed by atoms with Crippen molar-refractivity contribution in [3.05, 3.63) is 47.5 Å². The number of likely N-dealkylation sites (tertiary alicyclic amines) is 1. The molecular formula is C19H18N2O3S. The van der Waals surface area contributed by atoms with Gasteiger partial charge in [-0.2, -0.15) is 0 Å². The molecule has 2 atom stereocenters. The molecule has 2 aromatic rings. The zero-order valence-electron chi connectivity index (χ0n) is 13.8. The molecule has 4 rings (SSSR count). The Hall–Kier alpha value is -2.47. The van der Waals surface area contributed by atoms with Crippen molar-refractivity contribution in [3.63, 3.8) is 0 Å². The maximum atomic E-state index is 12.5. The average molecular weight is 354 g/mol. The lowest BCUT2D eigenvalue weighted by molar-refractivity contribution is -0.140. The molecule has 5 nitrogen and oxygen atoms in total. The molecule has 0 radical (unpaired) electrons. The number of aromatic nitrogens is 1. The minimum atomic E-state index is -0.186. The Kier molecular flexibility index (Phi) is 4.13. The maximum Gasteiger partial charge on any atom is 0.233 e. The lowest BCUT2D eigenvalue weighted by atomic mass is 9.85. The summed E-state index contributed by atoms with van der Waals surface area (Å²) >= 11 is 1.50. The average Bonchev–Trinajstić information content (AvgIpc) is 3.22. The normalized spacial score (nSPS) is 22.4. The Labute approximate surface area is 149 Å². The summed E-state index contributed by atoms with van der Waals surface area (Å²) in [5.74, 6) is 0.282. The van der Waals surface area contributed by atoms with Crippen molar-refractivity contribution in [1.82, 2.24) is 9.88 Å². The van der Waals surface area contributed by atoms with Crippen LogP contribution in [0.25, 0.3) is 10.6 Å². The van der Waals surface area contributed by atoms with Crippen LogP contribution in [0.3, 0.4) is 0 Å². The molecule has 0 unspecified atom stereocenters. The Morgan fingerprint density at radius 1 is 1.20 bits per heavy atom. The molecule has 1 saturated heterocycles. The van der Waals surface area contributed by atoms with Crippen LogP contribution in [0.5, 0.6) is 5.75 Å². The molecule has 0 bridgehead atoms. The third-order valence-corrected chi connectivity index (χ3v) is 5.73. The van der Waals surface area contributed by atoms with E-state index in [-0.39, 0.29) is 30.2 Å². The second-order valence-corrected chi connectivity index (χ2v) is 7.15. The number of benzene rings is 1. The first-order valence-corrected chi connectivity index (χ1v) is 9.14. The van der Waals surface area contributed by atoms with Gasteiger partial charge in [0.15, 0.2) is 0 Å². The maximum absolute atomic E-state index is 12.5. The molecule has 1 aromatic carbocycles. The van der Waals surface area contributed by atoms with Gasteiger partial charge in [-0.15, -0.1) is 11.3 Å². The van der Waals surface area contributed by atoms with Crippen molar-refractivity contribution in [1.29, 1.82) is 0 Å². The van der Waals surface area contributed by atoms with Crippen LogP contribution in [0.2, 0.25) is 0 Å². The highest BCUT2D eigenvalue weighted by atomic mass is 32.1. The summed E-state index contributed by atoms with van der Waals surface area (Å²) in [6.45, 7) is 0.255. The largest absolute Gasteiger partial charge is 0.497 e.